The molecule has 0 heterocycles. The maximum absolute atomic E-state index is 10.2. The Kier molecular flexibility index (Phi) is 3.29. The zero-order valence-corrected chi connectivity index (χ0v) is 7.04. The third kappa shape index (κ3) is 1.47. The molecule has 5 heteroatoms. The molecule has 0 aromatic heterocycles. The number of carbonyl (C=O) groups excluding carboxylic acids is 2. The monoisotopic (exact) mass is 249 g/mol. The maximum atomic E-state index is 10.2. The number of hydrogen-bond acceptors (Lipinski definition) is 4. The predicted molar refractivity (Wildman–Crippen MR) is 26.3 cm³/mol. The molecule has 0 atom stereocenters. The third-order valence-electron chi connectivity index (χ3n) is 1.99. The predicted octanol–water partition coefficient (Wildman–Crippen LogP) is -2.35. The summed E-state index contributed by atoms with van der Waals surface area (Å²) in [5, 5.41) is 20.4. The van der Waals surface area contributed by atoms with Crippen LogP contribution in [-0.2, 0) is 32.0 Å². The van der Waals surface area contributed by atoms with Crippen molar-refractivity contribution in [3.05, 3.63) is 0 Å². The van der Waals surface area contributed by atoms with Crippen LogP contribution in [0, 0.1) is 5.41 Å². The smallest absolute Gasteiger partial charge is 0.549 e. The van der Waals surface area contributed by atoms with Gasteiger partial charge in [0.25, 0.3) is 0 Å². The van der Waals surface area contributed by atoms with Crippen molar-refractivity contribution >= 4 is 11.9 Å². The van der Waals surface area contributed by atoms with Gasteiger partial charge in [-0.25, -0.2) is 0 Å². The Hall–Kier alpha value is -0.320. The van der Waals surface area contributed by atoms with E-state index in [1.165, 1.54) is 0 Å². The molecule has 1 fully saturated rings. The molecule has 1 radical (unpaired) electrons. The Balaban J connectivity index is 0.000001000. The van der Waals surface area contributed by atoms with Gasteiger partial charge in [-0.05, 0) is 12.8 Å². The van der Waals surface area contributed by atoms with Crippen LogP contribution in [0.3, 0.4) is 0 Å². The molecule has 0 spiro atoms. The van der Waals surface area contributed by atoms with Crippen molar-refractivity contribution in [2.45, 2.75) is 19.3 Å². The molecule has 1 aliphatic carbocycles. The van der Waals surface area contributed by atoms with Gasteiger partial charge in [-0.15, -0.1) is 0 Å². The molecular formula is C6H6AgO4. The van der Waals surface area contributed by atoms with Gasteiger partial charge < -0.3 is 19.8 Å². The zero-order valence-electron chi connectivity index (χ0n) is 5.56. The molecular weight excluding hydrogens is 244 g/mol. The number of rotatable bonds is 2. The Morgan fingerprint density at radius 3 is 1.45 bits per heavy atom. The summed E-state index contributed by atoms with van der Waals surface area (Å²) < 4.78 is 0. The van der Waals surface area contributed by atoms with Gasteiger partial charge in [-0.1, -0.05) is 6.42 Å². The molecule has 11 heavy (non-hydrogen) atoms. The number of carboxylic acids is 2. The van der Waals surface area contributed by atoms with Crippen LogP contribution in [0.25, 0.3) is 0 Å². The van der Waals surface area contributed by atoms with E-state index in [1.807, 2.05) is 0 Å². The molecule has 0 saturated heterocycles. The second kappa shape index (κ2) is 3.38. The largest absolute Gasteiger partial charge is 2.00 e. The summed E-state index contributed by atoms with van der Waals surface area (Å²) in [5.74, 6) is -3.03. The molecule has 4 nitrogen and oxygen atoms in total. The first kappa shape index (κ1) is 10.7. The summed E-state index contributed by atoms with van der Waals surface area (Å²) in [4.78, 5) is 20.4. The fourth-order valence-corrected chi connectivity index (χ4v) is 1.02. The van der Waals surface area contributed by atoms with Gasteiger partial charge in [-0.3, -0.25) is 0 Å². The van der Waals surface area contributed by atoms with Crippen LogP contribution in [0.15, 0.2) is 0 Å². The topological polar surface area (TPSA) is 80.3 Å². The summed E-state index contributed by atoms with van der Waals surface area (Å²) in [5.41, 5.74) is -1.67. The van der Waals surface area contributed by atoms with Crippen LogP contribution in [0.2, 0.25) is 0 Å². The molecule has 0 unspecified atom stereocenters. The molecule has 0 bridgehead atoms. The van der Waals surface area contributed by atoms with Crippen LogP contribution in [0.4, 0.5) is 0 Å². The Labute approximate surface area is 79.1 Å². The minimum atomic E-state index is -1.67. The van der Waals surface area contributed by atoms with Gasteiger partial charge in [-0.2, -0.15) is 0 Å². The molecule has 1 aliphatic rings. The van der Waals surface area contributed by atoms with E-state index in [1.54, 1.807) is 0 Å². The summed E-state index contributed by atoms with van der Waals surface area (Å²) in [6, 6.07) is 0. The van der Waals surface area contributed by atoms with E-state index in [-0.39, 0.29) is 35.2 Å². The first-order chi connectivity index (χ1) is 4.59. The second-order valence-electron chi connectivity index (χ2n) is 2.51. The van der Waals surface area contributed by atoms with Gasteiger partial charge in [0.2, 0.25) is 0 Å². The van der Waals surface area contributed by atoms with Crippen molar-refractivity contribution in [1.29, 1.82) is 0 Å². The first-order valence-corrected chi connectivity index (χ1v) is 3.02. The molecule has 0 aliphatic heterocycles. The summed E-state index contributed by atoms with van der Waals surface area (Å²) in [6.45, 7) is 0. The molecule has 0 aromatic rings. The number of aliphatic carboxylic acids is 2. The summed E-state index contributed by atoms with van der Waals surface area (Å²) in [6.07, 6.45) is 0.928. The van der Waals surface area contributed by atoms with Gasteiger partial charge in [0.05, 0.1) is 11.9 Å². The number of hydrogen-bond donors (Lipinski definition) is 0. The van der Waals surface area contributed by atoms with Gasteiger partial charge >= 0.3 is 22.4 Å². The van der Waals surface area contributed by atoms with E-state index in [0.717, 1.165) is 0 Å². The third-order valence-corrected chi connectivity index (χ3v) is 1.99. The first-order valence-electron chi connectivity index (χ1n) is 3.02. The molecule has 0 aromatic carbocycles. The molecule has 1 saturated carbocycles. The van der Waals surface area contributed by atoms with Crippen LogP contribution in [0.5, 0.6) is 0 Å². The Morgan fingerprint density at radius 2 is 1.45 bits per heavy atom. The van der Waals surface area contributed by atoms with Crippen LogP contribution < -0.4 is 10.2 Å². The standard InChI is InChI=1S/C6H8O4.Ag/c7-4(8)6(5(9)10)2-1-3-6;/h1-3H2,(H,7,8)(H,9,10);/q;+2/p-2. The van der Waals surface area contributed by atoms with Crippen molar-refractivity contribution < 1.29 is 42.2 Å². The van der Waals surface area contributed by atoms with Crippen LogP contribution in [0.1, 0.15) is 19.3 Å². The molecule has 0 N–H and O–H groups in total. The van der Waals surface area contributed by atoms with Crippen molar-refractivity contribution in [3.63, 3.8) is 0 Å². The van der Waals surface area contributed by atoms with Gasteiger partial charge in [0.1, 0.15) is 0 Å². The summed E-state index contributed by atoms with van der Waals surface area (Å²) >= 11 is 0. The normalized spacial score (nSPS) is 19.3. The number of carbonyl (C=O) groups is 2. The minimum Gasteiger partial charge on any atom is -0.549 e. The van der Waals surface area contributed by atoms with E-state index in [0.29, 0.717) is 6.42 Å². The van der Waals surface area contributed by atoms with E-state index in [4.69, 9.17) is 0 Å². The average molecular weight is 250 g/mol. The average Bonchev–Trinajstić information content (AvgIpc) is 1.57. The van der Waals surface area contributed by atoms with E-state index < -0.39 is 17.4 Å². The fourth-order valence-electron chi connectivity index (χ4n) is 1.02. The van der Waals surface area contributed by atoms with Crippen molar-refractivity contribution in [2.24, 2.45) is 5.41 Å². The van der Waals surface area contributed by atoms with Crippen molar-refractivity contribution in [3.8, 4) is 0 Å². The maximum Gasteiger partial charge on any atom is 2.00 e. The molecule has 0 amide bonds. The van der Waals surface area contributed by atoms with Gasteiger partial charge in [0.15, 0.2) is 0 Å². The van der Waals surface area contributed by atoms with Crippen LogP contribution in [-0.4, -0.2) is 11.9 Å². The van der Waals surface area contributed by atoms with E-state index in [2.05, 4.69) is 0 Å². The van der Waals surface area contributed by atoms with E-state index in [9.17, 15) is 19.8 Å². The Morgan fingerprint density at radius 1 is 1.09 bits per heavy atom. The minimum absolute atomic E-state index is 0. The SMILES string of the molecule is O=C([O-])C1(C(=O)[O-])CCC1.[Ag+2]. The molecule has 1 rings (SSSR count). The zero-order chi connectivity index (χ0) is 7.78. The van der Waals surface area contributed by atoms with Gasteiger partial charge in [0, 0.05) is 5.41 Å². The second-order valence-corrected chi connectivity index (χ2v) is 2.51. The van der Waals surface area contributed by atoms with Crippen molar-refractivity contribution in [1.82, 2.24) is 0 Å². The molecule has 65 valence electrons. The van der Waals surface area contributed by atoms with E-state index >= 15 is 0 Å². The fraction of sp³-hybridized carbons (Fsp3) is 0.667. The Bertz CT molecular complexity index is 169. The summed E-state index contributed by atoms with van der Waals surface area (Å²) in [7, 11) is 0. The van der Waals surface area contributed by atoms with Crippen LogP contribution >= 0.6 is 0 Å². The quantitative estimate of drug-likeness (QED) is 0.406. The van der Waals surface area contributed by atoms with Crippen molar-refractivity contribution in [2.75, 3.05) is 0 Å². The number of carboxylic acid groups (broad SMARTS) is 2.